The van der Waals surface area contributed by atoms with E-state index in [1.807, 2.05) is 26.8 Å². The topological polar surface area (TPSA) is 88.1 Å². The Kier molecular flexibility index (Phi) is 4.05. The lowest BCUT2D eigenvalue weighted by Crippen LogP contribution is -2.32. The monoisotopic (exact) mass is 455 g/mol. The summed E-state index contributed by atoms with van der Waals surface area (Å²) in [6.45, 7) is 6.10. The highest BCUT2D eigenvalue weighted by Crippen LogP contribution is 2.73. The zero-order valence-electron chi connectivity index (χ0n) is 19.7. The maximum atomic E-state index is 6.56. The van der Waals surface area contributed by atoms with E-state index in [9.17, 15) is 0 Å². The second-order valence-corrected chi connectivity index (χ2v) is 10.8. The molecule has 2 aliphatic carbocycles. The molecule has 5 atom stereocenters. The van der Waals surface area contributed by atoms with E-state index in [1.165, 1.54) is 10.9 Å². The summed E-state index contributed by atoms with van der Waals surface area (Å²) in [5.74, 6) is 0.422. The van der Waals surface area contributed by atoms with Gasteiger partial charge in [-0.25, -0.2) is 9.97 Å². The van der Waals surface area contributed by atoms with Crippen molar-refractivity contribution in [1.82, 2.24) is 19.5 Å². The molecule has 7 heteroatoms. The first-order valence-electron chi connectivity index (χ1n) is 12.1. The predicted octanol–water partition coefficient (Wildman–Crippen LogP) is 4.58. The fourth-order valence-electron chi connectivity index (χ4n) is 6.66. The first kappa shape index (κ1) is 20.4. The van der Waals surface area contributed by atoms with Crippen molar-refractivity contribution >= 4 is 27.8 Å². The lowest BCUT2D eigenvalue weighted by atomic mass is 9.91. The van der Waals surface area contributed by atoms with Gasteiger partial charge in [0, 0.05) is 22.7 Å². The normalized spacial score (nSPS) is 31.1. The number of hydrogen-bond donors (Lipinski definition) is 1. The third-order valence-corrected chi connectivity index (χ3v) is 8.26. The number of nitrogen functional groups attached to an aromatic ring is 1. The van der Waals surface area contributed by atoms with E-state index < -0.39 is 5.79 Å². The summed E-state index contributed by atoms with van der Waals surface area (Å²) < 4.78 is 15.3. The van der Waals surface area contributed by atoms with Crippen LogP contribution in [0.2, 0.25) is 0 Å². The van der Waals surface area contributed by atoms with E-state index in [0.717, 1.165) is 41.5 Å². The summed E-state index contributed by atoms with van der Waals surface area (Å²) in [6, 6.07) is 13.1. The Balaban J connectivity index is 1.22. The van der Waals surface area contributed by atoms with Crippen LogP contribution in [0, 0.1) is 18.3 Å². The van der Waals surface area contributed by atoms with Gasteiger partial charge in [-0.2, -0.15) is 0 Å². The number of nitrogens with zero attached hydrogens (tertiary/aromatic N) is 4. The van der Waals surface area contributed by atoms with Crippen LogP contribution >= 0.6 is 0 Å². The van der Waals surface area contributed by atoms with E-state index in [2.05, 4.69) is 51.1 Å². The molecule has 1 aromatic carbocycles. The van der Waals surface area contributed by atoms with Crippen molar-refractivity contribution in [2.75, 3.05) is 5.73 Å². The molecule has 1 saturated heterocycles. The SMILES string of the molecule is Cc1ccc2ccc(CC[C@]34C[C@@H]3[C@@H](n3ccc5c(N)ncnc53)[C@@H]3OC(C)(C)O[C@@H]34)cc2n1. The van der Waals surface area contributed by atoms with Crippen LogP contribution in [0.5, 0.6) is 0 Å². The van der Waals surface area contributed by atoms with Crippen molar-refractivity contribution in [2.45, 2.75) is 64.1 Å². The maximum absolute atomic E-state index is 6.56. The average molecular weight is 456 g/mol. The number of nitrogens with two attached hydrogens (primary N) is 1. The first-order chi connectivity index (χ1) is 16.3. The van der Waals surface area contributed by atoms with Gasteiger partial charge in [-0.3, -0.25) is 4.98 Å². The summed E-state index contributed by atoms with van der Waals surface area (Å²) in [5.41, 5.74) is 10.6. The quantitative estimate of drug-likeness (QED) is 0.484. The highest BCUT2D eigenvalue weighted by molar-refractivity contribution is 5.86. The molecular weight excluding hydrogens is 426 g/mol. The number of aromatic nitrogens is 4. The molecule has 2 N–H and O–H groups in total. The summed E-state index contributed by atoms with van der Waals surface area (Å²) in [5, 5.41) is 2.09. The molecular formula is C27H29N5O2. The van der Waals surface area contributed by atoms with Gasteiger partial charge in [0.25, 0.3) is 0 Å². The van der Waals surface area contributed by atoms with Gasteiger partial charge in [-0.15, -0.1) is 0 Å². The molecule has 3 aliphatic rings. The third-order valence-electron chi connectivity index (χ3n) is 8.26. The van der Waals surface area contributed by atoms with Crippen molar-refractivity contribution in [3.05, 3.63) is 60.2 Å². The molecule has 0 spiro atoms. The van der Waals surface area contributed by atoms with Crippen molar-refractivity contribution in [2.24, 2.45) is 11.3 Å². The van der Waals surface area contributed by atoms with Gasteiger partial charge in [0.1, 0.15) is 23.9 Å². The third kappa shape index (κ3) is 2.86. The number of benzene rings is 1. The molecule has 0 radical (unpaired) electrons. The number of anilines is 1. The summed E-state index contributed by atoms with van der Waals surface area (Å²) in [6.07, 6.45) is 6.94. The molecule has 4 aromatic rings. The zero-order chi connectivity index (χ0) is 23.2. The number of rotatable bonds is 4. The molecule has 174 valence electrons. The number of hydrogen-bond acceptors (Lipinski definition) is 6. The van der Waals surface area contributed by atoms with Crippen molar-refractivity contribution in [3.8, 4) is 0 Å². The van der Waals surface area contributed by atoms with E-state index >= 15 is 0 Å². The maximum Gasteiger partial charge on any atom is 0.163 e. The number of ether oxygens (including phenoxy) is 2. The van der Waals surface area contributed by atoms with Crippen molar-refractivity contribution in [3.63, 3.8) is 0 Å². The van der Waals surface area contributed by atoms with Crippen molar-refractivity contribution in [1.29, 1.82) is 0 Å². The van der Waals surface area contributed by atoms with E-state index in [1.54, 1.807) is 6.33 Å². The first-order valence-corrected chi connectivity index (χ1v) is 12.1. The van der Waals surface area contributed by atoms with E-state index in [0.29, 0.717) is 11.7 Å². The predicted molar refractivity (Wildman–Crippen MR) is 130 cm³/mol. The molecule has 7 rings (SSSR count). The van der Waals surface area contributed by atoms with Crippen LogP contribution in [-0.4, -0.2) is 37.5 Å². The van der Waals surface area contributed by atoms with Crippen LogP contribution in [0.25, 0.3) is 21.9 Å². The highest BCUT2D eigenvalue weighted by atomic mass is 16.8. The van der Waals surface area contributed by atoms with Gasteiger partial charge < -0.3 is 19.8 Å². The minimum Gasteiger partial charge on any atom is -0.383 e. The van der Waals surface area contributed by atoms with Gasteiger partial charge in [0.2, 0.25) is 0 Å². The van der Waals surface area contributed by atoms with Gasteiger partial charge in [0.05, 0.1) is 23.0 Å². The summed E-state index contributed by atoms with van der Waals surface area (Å²) in [7, 11) is 0. The molecule has 3 aromatic heterocycles. The Labute approximate surface area is 198 Å². The Morgan fingerprint density at radius 3 is 2.85 bits per heavy atom. The number of aryl methyl sites for hydroxylation is 2. The van der Waals surface area contributed by atoms with Gasteiger partial charge in [0.15, 0.2) is 5.79 Å². The Hall–Kier alpha value is -3.03. The Morgan fingerprint density at radius 2 is 1.97 bits per heavy atom. The van der Waals surface area contributed by atoms with Crippen LogP contribution in [-0.2, 0) is 15.9 Å². The lowest BCUT2D eigenvalue weighted by molar-refractivity contribution is -0.161. The largest absolute Gasteiger partial charge is 0.383 e. The second kappa shape index (κ2) is 6.77. The average Bonchev–Trinajstić information content (AvgIpc) is 3.05. The fraction of sp³-hybridized carbons (Fsp3) is 0.444. The van der Waals surface area contributed by atoms with Crippen LogP contribution in [0.3, 0.4) is 0 Å². The molecule has 0 unspecified atom stereocenters. The zero-order valence-corrected chi connectivity index (χ0v) is 19.7. The van der Waals surface area contributed by atoms with E-state index in [-0.39, 0.29) is 23.7 Å². The molecule has 3 fully saturated rings. The van der Waals surface area contributed by atoms with Crippen LogP contribution in [0.1, 0.15) is 44.0 Å². The van der Waals surface area contributed by atoms with Crippen molar-refractivity contribution < 1.29 is 9.47 Å². The van der Waals surface area contributed by atoms with Crippen LogP contribution in [0.15, 0.2) is 48.9 Å². The summed E-state index contributed by atoms with van der Waals surface area (Å²) >= 11 is 0. The molecule has 2 saturated carbocycles. The molecule has 0 bridgehead atoms. The smallest absolute Gasteiger partial charge is 0.163 e. The van der Waals surface area contributed by atoms with Crippen LogP contribution < -0.4 is 5.73 Å². The molecule has 7 nitrogen and oxygen atoms in total. The lowest BCUT2D eigenvalue weighted by Gasteiger charge is -2.24. The minimum atomic E-state index is -0.588. The van der Waals surface area contributed by atoms with Gasteiger partial charge >= 0.3 is 0 Å². The minimum absolute atomic E-state index is 0.00135. The van der Waals surface area contributed by atoms with Gasteiger partial charge in [-0.1, -0.05) is 18.2 Å². The second-order valence-electron chi connectivity index (χ2n) is 10.8. The number of fused-ring (bicyclic) bond motifs is 5. The standard InChI is InChI=1S/C27H29N5O2/c1-15-4-6-17-7-5-16(12-20(17)31-15)8-10-27-13-19(27)21(22-23(27)34-26(2,3)33-22)32-11-9-18-24(28)29-14-30-25(18)32/h4-7,9,11-12,14,19,21-23H,8,10,13H2,1-3H3,(H2,28,29,30)/t19-,21-,22+,23+,27+/m1/s1. The van der Waals surface area contributed by atoms with Crippen LogP contribution in [0.4, 0.5) is 5.82 Å². The fourth-order valence-corrected chi connectivity index (χ4v) is 6.66. The number of pyridine rings is 1. The molecule has 34 heavy (non-hydrogen) atoms. The molecule has 0 amide bonds. The summed E-state index contributed by atoms with van der Waals surface area (Å²) in [4.78, 5) is 13.5. The Morgan fingerprint density at radius 1 is 1.12 bits per heavy atom. The highest BCUT2D eigenvalue weighted by Gasteiger charge is 2.75. The van der Waals surface area contributed by atoms with E-state index in [4.69, 9.17) is 20.2 Å². The molecule has 1 aliphatic heterocycles. The molecule has 4 heterocycles. The van der Waals surface area contributed by atoms with Gasteiger partial charge in [-0.05, 0) is 69.7 Å². The Bertz CT molecular complexity index is 1450.